The number of likely N-dealkylation sites (tertiary alicyclic amines) is 1. The standard InChI is InChI=1S/C16H24ClN3O4/c17-14-9-13(24-18-14)3-4-15(21)20-7-8-23-12-16(22,11-20)10-19-5-1-2-6-19/h9,22H,1-8,10-12H2. The van der Waals surface area contributed by atoms with E-state index in [4.69, 9.17) is 20.9 Å². The number of aryl methyl sites for hydroxylation is 1. The number of aliphatic hydroxyl groups is 1. The number of rotatable bonds is 5. The van der Waals surface area contributed by atoms with E-state index >= 15 is 0 Å². The molecule has 0 aliphatic carbocycles. The summed E-state index contributed by atoms with van der Waals surface area (Å²) in [5, 5.41) is 14.8. The zero-order valence-electron chi connectivity index (χ0n) is 13.7. The summed E-state index contributed by atoms with van der Waals surface area (Å²) >= 11 is 5.71. The third-order valence-electron chi connectivity index (χ3n) is 4.55. The van der Waals surface area contributed by atoms with Gasteiger partial charge in [-0.25, -0.2) is 0 Å². The molecule has 2 aliphatic rings. The van der Waals surface area contributed by atoms with Crippen LogP contribution in [-0.2, 0) is 16.0 Å². The quantitative estimate of drug-likeness (QED) is 0.845. The summed E-state index contributed by atoms with van der Waals surface area (Å²) in [5.41, 5.74) is -1.01. The van der Waals surface area contributed by atoms with E-state index in [2.05, 4.69) is 10.1 Å². The van der Waals surface area contributed by atoms with Gasteiger partial charge in [0.1, 0.15) is 11.4 Å². The van der Waals surface area contributed by atoms with Crippen LogP contribution in [-0.4, -0.2) is 77.5 Å². The SMILES string of the molecule is O=C(CCc1cc(Cl)no1)N1CCOCC(O)(CN2CCCC2)C1. The van der Waals surface area contributed by atoms with Crippen molar-refractivity contribution in [2.24, 2.45) is 0 Å². The van der Waals surface area contributed by atoms with E-state index in [-0.39, 0.29) is 12.5 Å². The van der Waals surface area contributed by atoms with Crippen LogP contribution < -0.4 is 0 Å². The van der Waals surface area contributed by atoms with Crippen LogP contribution in [0.5, 0.6) is 0 Å². The summed E-state index contributed by atoms with van der Waals surface area (Å²) < 4.78 is 10.6. The van der Waals surface area contributed by atoms with Crippen LogP contribution in [0.1, 0.15) is 25.0 Å². The fourth-order valence-electron chi connectivity index (χ4n) is 3.38. The van der Waals surface area contributed by atoms with Crippen LogP contribution in [0.15, 0.2) is 10.6 Å². The maximum atomic E-state index is 12.5. The summed E-state index contributed by atoms with van der Waals surface area (Å²) in [4.78, 5) is 16.4. The van der Waals surface area contributed by atoms with Gasteiger partial charge in [-0.15, -0.1) is 0 Å². The molecule has 2 aliphatic heterocycles. The molecule has 1 atom stereocenters. The van der Waals surface area contributed by atoms with Crippen molar-refractivity contribution in [3.05, 3.63) is 17.0 Å². The zero-order chi connectivity index (χ0) is 17.0. The summed E-state index contributed by atoms with van der Waals surface area (Å²) in [7, 11) is 0. The number of carbonyl (C=O) groups excluding carboxylic acids is 1. The number of aromatic nitrogens is 1. The Balaban J connectivity index is 1.55. The van der Waals surface area contributed by atoms with Crippen molar-refractivity contribution in [2.75, 3.05) is 45.9 Å². The van der Waals surface area contributed by atoms with Gasteiger partial charge in [-0.2, -0.15) is 0 Å². The summed E-state index contributed by atoms with van der Waals surface area (Å²) in [6.07, 6.45) is 3.07. The molecule has 3 rings (SSSR count). The van der Waals surface area contributed by atoms with Crippen molar-refractivity contribution < 1.29 is 19.2 Å². The van der Waals surface area contributed by atoms with Gasteiger partial charge in [-0.1, -0.05) is 16.8 Å². The second kappa shape index (κ2) is 7.82. The number of β-amino-alcohol motifs (C(OH)–C–C–N with tert-alkyl or cyclic N) is 1. The van der Waals surface area contributed by atoms with E-state index in [9.17, 15) is 9.90 Å². The lowest BCUT2D eigenvalue weighted by molar-refractivity contribution is -0.134. The maximum Gasteiger partial charge on any atom is 0.223 e. The Kier molecular flexibility index (Phi) is 5.76. The normalized spacial score (nSPS) is 25.8. The van der Waals surface area contributed by atoms with Gasteiger partial charge in [0.15, 0.2) is 5.15 Å². The van der Waals surface area contributed by atoms with Crippen LogP contribution in [0.3, 0.4) is 0 Å². The number of amides is 1. The number of halogens is 1. The highest BCUT2D eigenvalue weighted by Gasteiger charge is 2.36. The molecule has 7 nitrogen and oxygen atoms in total. The number of hydrogen-bond donors (Lipinski definition) is 1. The fraction of sp³-hybridized carbons (Fsp3) is 0.750. The molecule has 0 spiro atoms. The molecular formula is C16H24ClN3O4. The lowest BCUT2D eigenvalue weighted by Crippen LogP contribution is -2.53. The Morgan fingerprint density at radius 2 is 2.17 bits per heavy atom. The lowest BCUT2D eigenvalue weighted by atomic mass is 10.0. The number of ether oxygens (including phenoxy) is 1. The first kappa shape index (κ1) is 17.7. The van der Waals surface area contributed by atoms with Crippen molar-refractivity contribution in [2.45, 2.75) is 31.3 Å². The molecule has 1 N–H and O–H groups in total. The summed E-state index contributed by atoms with van der Waals surface area (Å²) in [5.74, 6) is 0.569. The van der Waals surface area contributed by atoms with Crippen molar-refractivity contribution in [3.63, 3.8) is 0 Å². The molecule has 3 heterocycles. The van der Waals surface area contributed by atoms with Gasteiger partial charge in [0, 0.05) is 32.0 Å². The molecule has 2 fully saturated rings. The van der Waals surface area contributed by atoms with Crippen LogP contribution in [0, 0.1) is 0 Å². The van der Waals surface area contributed by atoms with E-state index in [1.807, 2.05) is 0 Å². The van der Waals surface area contributed by atoms with E-state index in [1.165, 1.54) is 12.8 Å². The van der Waals surface area contributed by atoms with Gasteiger partial charge < -0.3 is 24.2 Å². The third-order valence-corrected chi connectivity index (χ3v) is 4.72. The monoisotopic (exact) mass is 357 g/mol. The summed E-state index contributed by atoms with van der Waals surface area (Å²) in [6.45, 7) is 4.07. The van der Waals surface area contributed by atoms with Crippen molar-refractivity contribution in [1.29, 1.82) is 0 Å². The molecule has 134 valence electrons. The van der Waals surface area contributed by atoms with E-state index < -0.39 is 5.60 Å². The molecule has 1 aromatic rings. The van der Waals surface area contributed by atoms with Crippen LogP contribution in [0.4, 0.5) is 0 Å². The van der Waals surface area contributed by atoms with Gasteiger partial charge in [0.05, 0.1) is 19.8 Å². The van der Waals surface area contributed by atoms with E-state index in [0.717, 1.165) is 13.1 Å². The first-order valence-electron chi connectivity index (χ1n) is 8.45. The van der Waals surface area contributed by atoms with Gasteiger partial charge in [0.2, 0.25) is 5.91 Å². The molecule has 2 saturated heterocycles. The molecule has 1 aromatic heterocycles. The Hall–Kier alpha value is -1.15. The molecular weight excluding hydrogens is 334 g/mol. The number of carbonyl (C=O) groups is 1. The Bertz CT molecular complexity index is 561. The summed E-state index contributed by atoms with van der Waals surface area (Å²) in [6, 6.07) is 1.62. The smallest absolute Gasteiger partial charge is 0.223 e. The lowest BCUT2D eigenvalue weighted by Gasteiger charge is -2.34. The highest BCUT2D eigenvalue weighted by molar-refractivity contribution is 6.29. The Morgan fingerprint density at radius 3 is 2.88 bits per heavy atom. The average Bonchev–Trinajstić information content (AvgIpc) is 3.15. The maximum absolute atomic E-state index is 12.5. The van der Waals surface area contributed by atoms with Gasteiger partial charge >= 0.3 is 0 Å². The predicted molar refractivity (Wildman–Crippen MR) is 87.9 cm³/mol. The molecule has 0 radical (unpaired) electrons. The van der Waals surface area contributed by atoms with Crippen molar-refractivity contribution in [1.82, 2.24) is 15.0 Å². The Labute approximate surface area is 146 Å². The van der Waals surface area contributed by atoms with Gasteiger partial charge in [0.25, 0.3) is 0 Å². The largest absolute Gasteiger partial charge is 0.384 e. The van der Waals surface area contributed by atoms with Gasteiger partial charge in [-0.3, -0.25) is 4.79 Å². The topological polar surface area (TPSA) is 79.0 Å². The molecule has 0 saturated carbocycles. The van der Waals surface area contributed by atoms with E-state index in [0.29, 0.717) is 50.0 Å². The van der Waals surface area contributed by atoms with Crippen molar-refractivity contribution in [3.8, 4) is 0 Å². The van der Waals surface area contributed by atoms with Crippen LogP contribution in [0.2, 0.25) is 5.15 Å². The highest BCUT2D eigenvalue weighted by Crippen LogP contribution is 2.19. The van der Waals surface area contributed by atoms with Crippen molar-refractivity contribution >= 4 is 17.5 Å². The fourth-order valence-corrected chi connectivity index (χ4v) is 3.53. The van der Waals surface area contributed by atoms with Gasteiger partial charge in [-0.05, 0) is 25.9 Å². The minimum atomic E-state index is -1.01. The molecule has 1 unspecified atom stereocenters. The number of hydrogen-bond acceptors (Lipinski definition) is 6. The minimum Gasteiger partial charge on any atom is -0.384 e. The molecule has 0 aromatic carbocycles. The Morgan fingerprint density at radius 1 is 1.38 bits per heavy atom. The first-order valence-corrected chi connectivity index (χ1v) is 8.83. The molecule has 8 heteroatoms. The third kappa shape index (κ3) is 4.69. The van der Waals surface area contributed by atoms with Crippen LogP contribution >= 0.6 is 11.6 Å². The minimum absolute atomic E-state index is 0.0205. The second-order valence-corrected chi connectivity index (χ2v) is 7.08. The molecule has 0 bridgehead atoms. The number of nitrogens with zero attached hydrogens (tertiary/aromatic N) is 3. The molecule has 1 amide bonds. The van der Waals surface area contributed by atoms with E-state index in [1.54, 1.807) is 11.0 Å². The van der Waals surface area contributed by atoms with Crippen LogP contribution in [0.25, 0.3) is 0 Å². The average molecular weight is 358 g/mol. The zero-order valence-corrected chi connectivity index (χ0v) is 14.5. The highest BCUT2D eigenvalue weighted by atomic mass is 35.5. The molecule has 24 heavy (non-hydrogen) atoms. The first-order chi connectivity index (χ1) is 11.5. The predicted octanol–water partition coefficient (Wildman–Crippen LogP) is 0.946. The second-order valence-electron chi connectivity index (χ2n) is 6.69.